The Morgan fingerprint density at radius 2 is 1.96 bits per heavy atom. The molecule has 3 rings (SSSR count). The number of rotatable bonds is 4. The van der Waals surface area contributed by atoms with Gasteiger partial charge in [0.2, 0.25) is 0 Å². The van der Waals surface area contributed by atoms with Crippen molar-refractivity contribution in [1.29, 1.82) is 0 Å². The second-order valence-corrected chi connectivity index (χ2v) is 7.01. The minimum atomic E-state index is -0.406. The van der Waals surface area contributed by atoms with Crippen LogP contribution in [0.15, 0.2) is 47.5 Å². The molecule has 0 N–H and O–H groups in total. The molecule has 0 unspecified atom stereocenters. The van der Waals surface area contributed by atoms with Gasteiger partial charge in [-0.2, -0.15) is 4.99 Å². The molecule has 0 aliphatic heterocycles. The van der Waals surface area contributed by atoms with E-state index < -0.39 is 5.97 Å². The second kappa shape index (κ2) is 7.85. The molecule has 26 heavy (non-hydrogen) atoms. The predicted octanol–water partition coefficient (Wildman–Crippen LogP) is 3.97. The number of hydrogen-bond acceptors (Lipinski definition) is 4. The summed E-state index contributed by atoms with van der Waals surface area (Å²) in [5.74, 6) is -0.764. The number of para-hydroxylation sites is 1. The fraction of sp³-hybridized carbons (Fsp3) is 0.211. The number of hydrogen-bond donors (Lipinski definition) is 0. The number of fused-ring (bicyclic) bond motifs is 1. The van der Waals surface area contributed by atoms with Gasteiger partial charge < -0.3 is 9.30 Å². The van der Waals surface area contributed by atoms with Crippen LogP contribution in [0.4, 0.5) is 0 Å². The molecule has 1 aromatic heterocycles. The monoisotopic (exact) mass is 388 g/mol. The van der Waals surface area contributed by atoms with Gasteiger partial charge in [0.05, 0.1) is 21.8 Å². The zero-order valence-corrected chi connectivity index (χ0v) is 15.9. The molecule has 1 amide bonds. The first-order valence-corrected chi connectivity index (χ1v) is 9.29. The van der Waals surface area contributed by atoms with E-state index in [1.54, 1.807) is 29.7 Å². The van der Waals surface area contributed by atoms with Crippen LogP contribution < -0.4 is 4.80 Å². The van der Waals surface area contributed by atoms with Crippen molar-refractivity contribution < 1.29 is 14.3 Å². The molecule has 0 atom stereocenters. The van der Waals surface area contributed by atoms with E-state index in [9.17, 15) is 9.59 Å². The quantitative estimate of drug-likeness (QED) is 0.635. The van der Waals surface area contributed by atoms with Gasteiger partial charge in [0.25, 0.3) is 5.91 Å². The van der Waals surface area contributed by atoms with Crippen molar-refractivity contribution in [3.63, 3.8) is 0 Å². The minimum absolute atomic E-state index is 0.0581. The lowest BCUT2D eigenvalue weighted by molar-refractivity contribution is -0.143. The van der Waals surface area contributed by atoms with Gasteiger partial charge in [-0.15, -0.1) is 0 Å². The lowest BCUT2D eigenvalue weighted by Crippen LogP contribution is -2.23. The molecule has 1 heterocycles. The number of amides is 1. The largest absolute Gasteiger partial charge is 0.465 e. The van der Waals surface area contributed by atoms with Crippen molar-refractivity contribution in [2.45, 2.75) is 20.4 Å². The van der Waals surface area contributed by atoms with Crippen LogP contribution >= 0.6 is 22.9 Å². The van der Waals surface area contributed by atoms with Gasteiger partial charge in [0.15, 0.2) is 4.80 Å². The third kappa shape index (κ3) is 3.71. The van der Waals surface area contributed by atoms with Crippen LogP contribution in [-0.2, 0) is 16.1 Å². The van der Waals surface area contributed by atoms with E-state index in [2.05, 4.69) is 4.99 Å². The maximum atomic E-state index is 12.6. The Bertz CT molecular complexity index is 1050. The summed E-state index contributed by atoms with van der Waals surface area (Å²) in [6.45, 7) is 3.83. The van der Waals surface area contributed by atoms with Crippen LogP contribution in [0.25, 0.3) is 10.2 Å². The van der Waals surface area contributed by atoms with Gasteiger partial charge in [0, 0.05) is 5.56 Å². The number of ether oxygens (including phenoxy) is 1. The number of carbonyl (C=O) groups excluding carboxylic acids is 2. The number of esters is 1. The summed E-state index contributed by atoms with van der Waals surface area (Å²) >= 11 is 7.63. The SMILES string of the molecule is CCOC(=O)Cn1c(=NC(=O)c2ccccc2C)sc2cccc(Cl)c21. The lowest BCUT2D eigenvalue weighted by atomic mass is 10.1. The zero-order chi connectivity index (χ0) is 18.7. The first-order valence-electron chi connectivity index (χ1n) is 8.09. The first-order chi connectivity index (χ1) is 12.5. The average Bonchev–Trinajstić information content (AvgIpc) is 2.94. The Kier molecular flexibility index (Phi) is 5.54. The van der Waals surface area contributed by atoms with Crippen molar-refractivity contribution >= 4 is 45.0 Å². The summed E-state index contributed by atoms with van der Waals surface area (Å²) in [6.07, 6.45) is 0. The minimum Gasteiger partial charge on any atom is -0.465 e. The lowest BCUT2D eigenvalue weighted by Gasteiger charge is -2.06. The number of carbonyl (C=O) groups is 2. The number of thiazole rings is 1. The van der Waals surface area contributed by atoms with Crippen LogP contribution in [0.1, 0.15) is 22.8 Å². The Labute approximate surface area is 159 Å². The third-order valence-electron chi connectivity index (χ3n) is 3.82. The van der Waals surface area contributed by atoms with E-state index in [0.29, 0.717) is 20.9 Å². The topological polar surface area (TPSA) is 60.7 Å². The normalized spacial score (nSPS) is 11.7. The molecule has 0 radical (unpaired) electrons. The molecule has 0 spiro atoms. The molecule has 0 bridgehead atoms. The summed E-state index contributed by atoms with van der Waals surface area (Å²) in [6, 6.07) is 12.7. The van der Waals surface area contributed by atoms with Gasteiger partial charge in [0.1, 0.15) is 6.54 Å². The molecule has 0 fully saturated rings. The fourth-order valence-corrected chi connectivity index (χ4v) is 4.00. The highest BCUT2D eigenvalue weighted by atomic mass is 35.5. The van der Waals surface area contributed by atoms with Crippen molar-refractivity contribution in [1.82, 2.24) is 4.57 Å². The molecular weight excluding hydrogens is 372 g/mol. The van der Waals surface area contributed by atoms with E-state index in [1.165, 1.54) is 11.3 Å². The van der Waals surface area contributed by atoms with Crippen molar-refractivity contribution in [3.05, 3.63) is 63.4 Å². The molecule has 0 aliphatic rings. The Morgan fingerprint density at radius 1 is 1.19 bits per heavy atom. The van der Waals surface area contributed by atoms with E-state index in [-0.39, 0.29) is 19.1 Å². The van der Waals surface area contributed by atoms with Gasteiger partial charge in [-0.3, -0.25) is 9.59 Å². The Hall–Kier alpha value is -2.44. The predicted molar refractivity (Wildman–Crippen MR) is 103 cm³/mol. The van der Waals surface area contributed by atoms with E-state index in [0.717, 1.165) is 10.3 Å². The number of aryl methyl sites for hydroxylation is 1. The third-order valence-corrected chi connectivity index (χ3v) is 5.17. The highest BCUT2D eigenvalue weighted by Crippen LogP contribution is 2.25. The van der Waals surface area contributed by atoms with Crippen molar-refractivity contribution in [2.75, 3.05) is 6.61 Å². The summed E-state index contributed by atoms with van der Waals surface area (Å²) in [5.41, 5.74) is 2.04. The number of halogens is 1. The van der Waals surface area contributed by atoms with E-state index in [4.69, 9.17) is 16.3 Å². The van der Waals surface area contributed by atoms with Crippen LogP contribution in [0.5, 0.6) is 0 Å². The number of benzene rings is 2. The molecule has 0 saturated carbocycles. The van der Waals surface area contributed by atoms with Gasteiger partial charge in [-0.1, -0.05) is 47.2 Å². The summed E-state index contributed by atoms with van der Waals surface area (Å²) in [5, 5.41) is 0.493. The van der Waals surface area contributed by atoms with Crippen LogP contribution in [0.2, 0.25) is 5.02 Å². The van der Waals surface area contributed by atoms with E-state index in [1.807, 2.05) is 31.2 Å². The highest BCUT2D eigenvalue weighted by Gasteiger charge is 2.15. The smallest absolute Gasteiger partial charge is 0.326 e. The average molecular weight is 389 g/mol. The first kappa shape index (κ1) is 18.4. The molecular formula is C19H17ClN2O3S. The molecule has 134 valence electrons. The zero-order valence-electron chi connectivity index (χ0n) is 14.4. The molecule has 5 nitrogen and oxygen atoms in total. The number of nitrogens with zero attached hydrogens (tertiary/aromatic N) is 2. The molecule has 2 aromatic carbocycles. The molecule has 0 saturated heterocycles. The van der Waals surface area contributed by atoms with E-state index >= 15 is 0 Å². The fourth-order valence-electron chi connectivity index (χ4n) is 2.61. The maximum absolute atomic E-state index is 12.6. The van der Waals surface area contributed by atoms with Crippen LogP contribution in [0.3, 0.4) is 0 Å². The summed E-state index contributed by atoms with van der Waals surface area (Å²) < 4.78 is 7.52. The van der Waals surface area contributed by atoms with Gasteiger partial charge >= 0.3 is 5.97 Å². The molecule has 3 aromatic rings. The molecule has 0 aliphatic carbocycles. The molecule has 7 heteroatoms. The Morgan fingerprint density at radius 3 is 2.69 bits per heavy atom. The van der Waals surface area contributed by atoms with Crippen LogP contribution in [-0.4, -0.2) is 23.1 Å². The van der Waals surface area contributed by atoms with Gasteiger partial charge in [-0.05, 0) is 37.6 Å². The van der Waals surface area contributed by atoms with Crippen molar-refractivity contribution in [2.24, 2.45) is 4.99 Å². The van der Waals surface area contributed by atoms with Crippen molar-refractivity contribution in [3.8, 4) is 0 Å². The summed E-state index contributed by atoms with van der Waals surface area (Å²) in [7, 11) is 0. The standard InChI is InChI=1S/C19H17ClN2O3S/c1-3-25-16(23)11-22-17-14(20)9-6-10-15(17)26-19(22)21-18(24)13-8-5-4-7-12(13)2/h4-10H,3,11H2,1-2H3. The second-order valence-electron chi connectivity index (χ2n) is 5.59. The van der Waals surface area contributed by atoms with Gasteiger partial charge in [-0.25, -0.2) is 0 Å². The number of aromatic nitrogens is 1. The summed E-state index contributed by atoms with van der Waals surface area (Å²) in [4.78, 5) is 29.3. The highest BCUT2D eigenvalue weighted by molar-refractivity contribution is 7.16. The maximum Gasteiger partial charge on any atom is 0.326 e. The Balaban J connectivity index is 2.15. The van der Waals surface area contributed by atoms with Crippen LogP contribution in [0, 0.1) is 6.92 Å².